The van der Waals surface area contributed by atoms with Gasteiger partial charge in [-0.15, -0.1) is 0 Å². The van der Waals surface area contributed by atoms with Crippen molar-refractivity contribution in [2.24, 2.45) is 0 Å². The van der Waals surface area contributed by atoms with Crippen LogP contribution in [0.5, 0.6) is 0 Å². The molecule has 2 N–H and O–H groups in total. The average molecular weight is 324 g/mol. The molecule has 21 heavy (non-hydrogen) atoms. The summed E-state index contributed by atoms with van der Waals surface area (Å²) in [7, 11) is 0. The number of carboxylic acids is 1. The Morgan fingerprint density at radius 3 is 2.48 bits per heavy atom. The van der Waals surface area contributed by atoms with Crippen molar-refractivity contribution in [3.8, 4) is 0 Å². The lowest BCUT2D eigenvalue weighted by molar-refractivity contribution is -0.115. The van der Waals surface area contributed by atoms with Gasteiger partial charge in [0, 0.05) is 5.02 Å². The van der Waals surface area contributed by atoms with Gasteiger partial charge in [0.25, 0.3) is 0 Å². The molecule has 1 amide bonds. The Kier molecular flexibility index (Phi) is 4.83. The summed E-state index contributed by atoms with van der Waals surface area (Å²) in [6.45, 7) is 0. The van der Waals surface area contributed by atoms with Gasteiger partial charge in [0.2, 0.25) is 5.91 Å². The van der Waals surface area contributed by atoms with Crippen LogP contribution in [0.1, 0.15) is 15.9 Å². The summed E-state index contributed by atoms with van der Waals surface area (Å²) in [5, 5.41) is 12.2. The second kappa shape index (κ2) is 6.61. The maximum Gasteiger partial charge on any atom is 0.335 e. The summed E-state index contributed by atoms with van der Waals surface area (Å²) < 4.78 is 0. The standard InChI is InChI=1S/C15H11Cl2NO3/c16-11-3-1-2-9(6-11)7-14(19)18-13-5-4-10(15(20)21)8-12(13)17/h1-6,8H,7H2,(H,18,19)(H,20,21). The van der Waals surface area contributed by atoms with Crippen molar-refractivity contribution in [2.75, 3.05) is 5.32 Å². The van der Waals surface area contributed by atoms with E-state index in [1.165, 1.54) is 18.2 Å². The Balaban J connectivity index is 2.08. The van der Waals surface area contributed by atoms with E-state index in [1.807, 2.05) is 0 Å². The number of carbonyl (C=O) groups excluding carboxylic acids is 1. The number of hydrogen-bond donors (Lipinski definition) is 2. The number of aromatic carboxylic acids is 1. The fourth-order valence-electron chi connectivity index (χ4n) is 1.78. The Bertz CT molecular complexity index is 701. The summed E-state index contributed by atoms with van der Waals surface area (Å²) in [5.74, 6) is -1.34. The Morgan fingerprint density at radius 2 is 1.86 bits per heavy atom. The quantitative estimate of drug-likeness (QED) is 0.897. The first-order valence-electron chi connectivity index (χ1n) is 6.03. The van der Waals surface area contributed by atoms with Gasteiger partial charge in [-0.05, 0) is 35.9 Å². The third kappa shape index (κ3) is 4.21. The molecule has 0 bridgehead atoms. The van der Waals surface area contributed by atoms with Crippen molar-refractivity contribution in [3.63, 3.8) is 0 Å². The fraction of sp³-hybridized carbons (Fsp3) is 0.0667. The second-order valence-corrected chi connectivity index (χ2v) is 5.20. The number of carboxylic acid groups (broad SMARTS) is 1. The van der Waals surface area contributed by atoms with Gasteiger partial charge in [0.15, 0.2) is 0 Å². The number of nitrogens with one attached hydrogen (secondary N) is 1. The third-order valence-electron chi connectivity index (χ3n) is 2.74. The molecule has 0 unspecified atom stereocenters. The first-order valence-corrected chi connectivity index (χ1v) is 6.78. The highest BCUT2D eigenvalue weighted by Gasteiger charge is 2.10. The number of amides is 1. The normalized spacial score (nSPS) is 10.2. The zero-order valence-corrected chi connectivity index (χ0v) is 12.3. The Morgan fingerprint density at radius 1 is 1.10 bits per heavy atom. The van der Waals surface area contributed by atoms with E-state index >= 15 is 0 Å². The van der Waals surface area contributed by atoms with Crippen LogP contribution in [-0.4, -0.2) is 17.0 Å². The summed E-state index contributed by atoms with van der Waals surface area (Å²) >= 11 is 11.8. The lowest BCUT2D eigenvalue weighted by atomic mass is 10.1. The van der Waals surface area contributed by atoms with Crippen molar-refractivity contribution in [1.82, 2.24) is 0 Å². The molecule has 2 rings (SSSR count). The molecule has 2 aromatic rings. The summed E-state index contributed by atoms with van der Waals surface area (Å²) in [6, 6.07) is 11.1. The molecular formula is C15H11Cl2NO3. The minimum absolute atomic E-state index is 0.0628. The number of benzene rings is 2. The second-order valence-electron chi connectivity index (χ2n) is 4.35. The number of hydrogen-bond acceptors (Lipinski definition) is 2. The molecule has 0 aliphatic heterocycles. The summed E-state index contributed by atoms with van der Waals surface area (Å²) in [5.41, 5.74) is 1.21. The summed E-state index contributed by atoms with van der Waals surface area (Å²) in [6.07, 6.45) is 0.150. The molecule has 0 radical (unpaired) electrons. The van der Waals surface area contributed by atoms with E-state index < -0.39 is 5.97 Å². The number of anilines is 1. The van der Waals surface area contributed by atoms with Gasteiger partial charge >= 0.3 is 5.97 Å². The topological polar surface area (TPSA) is 66.4 Å². The number of halogens is 2. The van der Waals surface area contributed by atoms with Crippen LogP contribution in [-0.2, 0) is 11.2 Å². The van der Waals surface area contributed by atoms with Crippen LogP contribution in [0, 0.1) is 0 Å². The molecule has 0 saturated carbocycles. The van der Waals surface area contributed by atoms with Gasteiger partial charge in [-0.1, -0.05) is 35.3 Å². The minimum Gasteiger partial charge on any atom is -0.478 e. The Labute approximate surface area is 131 Å². The van der Waals surface area contributed by atoms with Gasteiger partial charge in [0.05, 0.1) is 22.7 Å². The van der Waals surface area contributed by atoms with Crippen LogP contribution in [0.2, 0.25) is 10.0 Å². The van der Waals surface area contributed by atoms with E-state index in [0.29, 0.717) is 10.7 Å². The molecule has 0 aliphatic carbocycles. The molecule has 0 saturated heterocycles. The maximum atomic E-state index is 11.9. The predicted molar refractivity (Wildman–Crippen MR) is 82.2 cm³/mol. The maximum absolute atomic E-state index is 11.9. The van der Waals surface area contributed by atoms with E-state index in [4.69, 9.17) is 28.3 Å². The van der Waals surface area contributed by atoms with Gasteiger partial charge in [0.1, 0.15) is 0 Å². The highest BCUT2D eigenvalue weighted by atomic mass is 35.5. The number of rotatable bonds is 4. The van der Waals surface area contributed by atoms with E-state index in [-0.39, 0.29) is 22.9 Å². The average Bonchev–Trinajstić information content (AvgIpc) is 2.40. The summed E-state index contributed by atoms with van der Waals surface area (Å²) in [4.78, 5) is 22.7. The van der Waals surface area contributed by atoms with E-state index in [1.54, 1.807) is 24.3 Å². The van der Waals surface area contributed by atoms with Crippen LogP contribution in [0.4, 0.5) is 5.69 Å². The molecule has 108 valence electrons. The lowest BCUT2D eigenvalue weighted by Gasteiger charge is -2.08. The smallest absolute Gasteiger partial charge is 0.335 e. The molecule has 0 aromatic heterocycles. The highest BCUT2D eigenvalue weighted by Crippen LogP contribution is 2.23. The van der Waals surface area contributed by atoms with Gasteiger partial charge in [-0.25, -0.2) is 4.79 Å². The molecule has 0 fully saturated rings. The molecule has 0 heterocycles. The molecule has 0 aliphatic rings. The van der Waals surface area contributed by atoms with Gasteiger partial charge < -0.3 is 10.4 Å². The number of carbonyl (C=O) groups is 2. The fourth-order valence-corrected chi connectivity index (χ4v) is 2.22. The first-order chi connectivity index (χ1) is 9.95. The van der Waals surface area contributed by atoms with Crippen molar-refractivity contribution in [2.45, 2.75) is 6.42 Å². The van der Waals surface area contributed by atoms with Crippen LogP contribution >= 0.6 is 23.2 Å². The van der Waals surface area contributed by atoms with Crippen molar-refractivity contribution in [1.29, 1.82) is 0 Å². The van der Waals surface area contributed by atoms with Crippen LogP contribution in [0.15, 0.2) is 42.5 Å². The molecule has 2 aromatic carbocycles. The molecule has 4 nitrogen and oxygen atoms in total. The van der Waals surface area contributed by atoms with Gasteiger partial charge in [-0.2, -0.15) is 0 Å². The van der Waals surface area contributed by atoms with Crippen molar-refractivity contribution >= 4 is 40.8 Å². The molecule has 0 spiro atoms. The molecule has 0 atom stereocenters. The van der Waals surface area contributed by atoms with Crippen LogP contribution in [0.25, 0.3) is 0 Å². The zero-order valence-electron chi connectivity index (χ0n) is 10.8. The molecular weight excluding hydrogens is 313 g/mol. The van der Waals surface area contributed by atoms with E-state index in [2.05, 4.69) is 5.32 Å². The monoisotopic (exact) mass is 323 g/mol. The van der Waals surface area contributed by atoms with Crippen molar-refractivity contribution < 1.29 is 14.7 Å². The predicted octanol–water partition coefficient (Wildman–Crippen LogP) is 3.87. The third-order valence-corrected chi connectivity index (χ3v) is 3.29. The van der Waals surface area contributed by atoms with E-state index in [9.17, 15) is 9.59 Å². The van der Waals surface area contributed by atoms with Gasteiger partial charge in [-0.3, -0.25) is 4.79 Å². The first kappa shape index (κ1) is 15.4. The van der Waals surface area contributed by atoms with Crippen LogP contribution in [0.3, 0.4) is 0 Å². The van der Waals surface area contributed by atoms with Crippen LogP contribution < -0.4 is 5.32 Å². The van der Waals surface area contributed by atoms with E-state index in [0.717, 1.165) is 5.56 Å². The highest BCUT2D eigenvalue weighted by molar-refractivity contribution is 6.34. The SMILES string of the molecule is O=C(Cc1cccc(Cl)c1)Nc1ccc(C(=O)O)cc1Cl. The largest absolute Gasteiger partial charge is 0.478 e. The van der Waals surface area contributed by atoms with Crippen molar-refractivity contribution in [3.05, 3.63) is 63.6 Å². The minimum atomic E-state index is -1.08. The molecule has 6 heteroatoms. The zero-order chi connectivity index (χ0) is 15.4. The Hall–Kier alpha value is -2.04. The lowest BCUT2D eigenvalue weighted by Crippen LogP contribution is -2.14.